The van der Waals surface area contributed by atoms with E-state index in [0.717, 1.165) is 25.3 Å². The highest BCUT2D eigenvalue weighted by Crippen LogP contribution is 2.25. The van der Waals surface area contributed by atoms with Gasteiger partial charge in [-0.3, -0.25) is 0 Å². The maximum absolute atomic E-state index is 8.82. The van der Waals surface area contributed by atoms with Crippen LogP contribution in [0.25, 0.3) is 0 Å². The van der Waals surface area contributed by atoms with Gasteiger partial charge in [0.2, 0.25) is 0 Å². The average Bonchev–Trinajstić information content (AvgIpc) is 2.29. The van der Waals surface area contributed by atoms with Gasteiger partial charge >= 0.3 is 0 Å². The molecule has 0 unspecified atom stereocenters. The second-order valence-electron chi connectivity index (χ2n) is 4.58. The minimum Gasteiger partial charge on any atom is -0.496 e. The molecule has 0 aliphatic rings. The molecule has 0 aliphatic heterocycles. The lowest BCUT2D eigenvalue weighted by Gasteiger charge is -2.20. The first-order valence-electron chi connectivity index (χ1n) is 6.02. The lowest BCUT2D eigenvalue weighted by atomic mass is 10.0. The predicted molar refractivity (Wildman–Crippen MR) is 70.5 cm³/mol. The highest BCUT2D eigenvalue weighted by Gasteiger charge is 2.10. The number of aliphatic hydroxyl groups excluding tert-OH is 1. The van der Waals surface area contributed by atoms with E-state index >= 15 is 0 Å². The van der Waals surface area contributed by atoms with Crippen molar-refractivity contribution >= 4 is 0 Å². The smallest absolute Gasteiger partial charge is 0.123 e. The van der Waals surface area contributed by atoms with E-state index in [1.165, 1.54) is 16.7 Å². The van der Waals surface area contributed by atoms with Crippen LogP contribution in [-0.2, 0) is 6.54 Å². The molecule has 3 nitrogen and oxygen atoms in total. The molecule has 0 fully saturated rings. The number of ether oxygens (including phenoxy) is 1. The van der Waals surface area contributed by atoms with Crippen molar-refractivity contribution in [2.45, 2.75) is 26.8 Å². The molecule has 1 aromatic rings. The summed E-state index contributed by atoms with van der Waals surface area (Å²) >= 11 is 0. The highest BCUT2D eigenvalue weighted by molar-refractivity contribution is 5.42. The fourth-order valence-corrected chi connectivity index (χ4v) is 2.03. The molecule has 0 bridgehead atoms. The van der Waals surface area contributed by atoms with Crippen LogP contribution in [0.1, 0.15) is 23.1 Å². The van der Waals surface area contributed by atoms with E-state index < -0.39 is 0 Å². The maximum Gasteiger partial charge on any atom is 0.123 e. The zero-order valence-corrected chi connectivity index (χ0v) is 11.3. The van der Waals surface area contributed by atoms with Crippen LogP contribution in [0.2, 0.25) is 0 Å². The Morgan fingerprint density at radius 3 is 2.59 bits per heavy atom. The van der Waals surface area contributed by atoms with Crippen molar-refractivity contribution in [2.24, 2.45) is 0 Å². The summed E-state index contributed by atoms with van der Waals surface area (Å²) in [6, 6.07) is 4.25. The Bertz CT molecular complexity index is 363. The van der Waals surface area contributed by atoms with Gasteiger partial charge in [-0.25, -0.2) is 0 Å². The topological polar surface area (TPSA) is 32.7 Å². The van der Waals surface area contributed by atoms with Crippen molar-refractivity contribution in [3.8, 4) is 5.75 Å². The number of aliphatic hydroxyl groups is 1. The highest BCUT2D eigenvalue weighted by atomic mass is 16.5. The molecule has 0 amide bonds. The summed E-state index contributed by atoms with van der Waals surface area (Å²) in [7, 11) is 3.78. The number of hydrogen-bond acceptors (Lipinski definition) is 3. The number of nitrogens with zero attached hydrogens (tertiary/aromatic N) is 1. The maximum atomic E-state index is 8.82. The number of benzene rings is 1. The molecular formula is C14H23NO2. The molecule has 0 heterocycles. The van der Waals surface area contributed by atoms with Gasteiger partial charge in [-0.05, 0) is 44.5 Å². The lowest BCUT2D eigenvalue weighted by molar-refractivity contribution is 0.242. The van der Waals surface area contributed by atoms with Gasteiger partial charge in [-0.15, -0.1) is 0 Å². The van der Waals surface area contributed by atoms with Crippen LogP contribution in [0, 0.1) is 13.8 Å². The van der Waals surface area contributed by atoms with E-state index in [4.69, 9.17) is 9.84 Å². The molecule has 0 spiro atoms. The molecule has 1 aromatic carbocycles. The Labute approximate surface area is 104 Å². The summed E-state index contributed by atoms with van der Waals surface area (Å²) in [5.41, 5.74) is 3.72. The van der Waals surface area contributed by atoms with Crippen LogP contribution in [-0.4, -0.2) is 37.3 Å². The van der Waals surface area contributed by atoms with Crippen LogP contribution in [0.15, 0.2) is 12.1 Å². The molecule has 96 valence electrons. The minimum atomic E-state index is 0.244. The third-order valence-electron chi connectivity index (χ3n) is 2.92. The Morgan fingerprint density at radius 2 is 2.00 bits per heavy atom. The average molecular weight is 237 g/mol. The van der Waals surface area contributed by atoms with E-state index in [1.54, 1.807) is 7.11 Å². The Morgan fingerprint density at radius 1 is 1.29 bits per heavy atom. The fraction of sp³-hybridized carbons (Fsp3) is 0.571. The van der Waals surface area contributed by atoms with Crippen LogP contribution in [0.3, 0.4) is 0 Å². The first kappa shape index (κ1) is 14.0. The molecule has 0 aromatic heterocycles. The largest absolute Gasteiger partial charge is 0.496 e. The van der Waals surface area contributed by atoms with Crippen LogP contribution >= 0.6 is 0 Å². The first-order valence-corrected chi connectivity index (χ1v) is 6.02. The molecule has 0 aliphatic carbocycles. The third-order valence-corrected chi connectivity index (χ3v) is 2.92. The SMILES string of the molecule is COc1cc(C)cc(C)c1CN(C)CCCO. The van der Waals surface area contributed by atoms with Crippen molar-refractivity contribution in [3.63, 3.8) is 0 Å². The summed E-state index contributed by atoms with van der Waals surface area (Å²) in [6.45, 7) is 6.19. The number of aryl methyl sites for hydroxylation is 2. The zero-order chi connectivity index (χ0) is 12.8. The van der Waals surface area contributed by atoms with Gasteiger partial charge in [0.05, 0.1) is 7.11 Å². The fourth-order valence-electron chi connectivity index (χ4n) is 2.03. The molecule has 3 heteroatoms. The molecular weight excluding hydrogens is 214 g/mol. The molecule has 0 atom stereocenters. The van der Waals surface area contributed by atoms with Crippen LogP contribution in [0.4, 0.5) is 0 Å². The van der Waals surface area contributed by atoms with E-state index in [2.05, 4.69) is 37.9 Å². The van der Waals surface area contributed by atoms with Crippen LogP contribution < -0.4 is 4.74 Å². The summed E-state index contributed by atoms with van der Waals surface area (Å²) in [5.74, 6) is 0.957. The van der Waals surface area contributed by atoms with Crippen molar-refractivity contribution in [2.75, 3.05) is 27.3 Å². The first-order chi connectivity index (χ1) is 8.08. The second-order valence-corrected chi connectivity index (χ2v) is 4.58. The van der Waals surface area contributed by atoms with Gasteiger partial charge < -0.3 is 14.7 Å². The molecule has 17 heavy (non-hydrogen) atoms. The number of hydrogen-bond donors (Lipinski definition) is 1. The number of rotatable bonds is 6. The lowest BCUT2D eigenvalue weighted by Crippen LogP contribution is -2.21. The quantitative estimate of drug-likeness (QED) is 0.822. The second kappa shape index (κ2) is 6.62. The van der Waals surface area contributed by atoms with Gasteiger partial charge in [0.15, 0.2) is 0 Å². The molecule has 0 radical (unpaired) electrons. The normalized spacial score (nSPS) is 10.9. The van der Waals surface area contributed by atoms with Gasteiger partial charge in [-0.2, -0.15) is 0 Å². The predicted octanol–water partition coefficient (Wildman–Crippen LogP) is 2.13. The van der Waals surface area contributed by atoms with Gasteiger partial charge in [0.1, 0.15) is 5.75 Å². The van der Waals surface area contributed by atoms with Crippen molar-refractivity contribution in [3.05, 3.63) is 28.8 Å². The minimum absolute atomic E-state index is 0.244. The van der Waals surface area contributed by atoms with Crippen molar-refractivity contribution < 1.29 is 9.84 Å². The molecule has 1 rings (SSSR count). The van der Waals surface area contributed by atoms with E-state index in [9.17, 15) is 0 Å². The summed E-state index contributed by atoms with van der Waals surface area (Å²) in [4.78, 5) is 2.20. The Hall–Kier alpha value is -1.06. The number of methoxy groups -OCH3 is 1. The standard InChI is InChI=1S/C14H23NO2/c1-11-8-12(2)13(14(9-11)17-4)10-15(3)6-5-7-16/h8-9,16H,5-7,10H2,1-4H3. The Balaban J connectivity index is 2.82. The van der Waals surface area contributed by atoms with E-state index in [0.29, 0.717) is 0 Å². The van der Waals surface area contributed by atoms with Gasteiger partial charge in [-0.1, -0.05) is 6.07 Å². The van der Waals surface area contributed by atoms with E-state index in [1.807, 2.05) is 0 Å². The van der Waals surface area contributed by atoms with Crippen molar-refractivity contribution in [1.82, 2.24) is 4.90 Å². The van der Waals surface area contributed by atoms with Gasteiger partial charge in [0, 0.05) is 25.3 Å². The summed E-state index contributed by atoms with van der Waals surface area (Å²) < 4.78 is 5.44. The molecule has 0 saturated carbocycles. The third kappa shape index (κ3) is 4.02. The summed E-state index contributed by atoms with van der Waals surface area (Å²) in [5, 5.41) is 8.82. The zero-order valence-electron chi connectivity index (χ0n) is 11.3. The van der Waals surface area contributed by atoms with Crippen LogP contribution in [0.5, 0.6) is 5.75 Å². The monoisotopic (exact) mass is 237 g/mol. The molecule has 1 N–H and O–H groups in total. The van der Waals surface area contributed by atoms with E-state index in [-0.39, 0.29) is 6.61 Å². The van der Waals surface area contributed by atoms with Crippen molar-refractivity contribution in [1.29, 1.82) is 0 Å². The Kier molecular flexibility index (Phi) is 5.45. The summed E-state index contributed by atoms with van der Waals surface area (Å²) in [6.07, 6.45) is 0.809. The van der Waals surface area contributed by atoms with Gasteiger partial charge in [0.25, 0.3) is 0 Å². The molecule has 0 saturated heterocycles.